The molecule has 1 aromatic heterocycles. The van der Waals surface area contributed by atoms with Crippen LogP contribution in [0.25, 0.3) is 0 Å². The summed E-state index contributed by atoms with van der Waals surface area (Å²) in [6, 6.07) is 3.32. The highest BCUT2D eigenvalue weighted by molar-refractivity contribution is 7.91. The third-order valence-electron chi connectivity index (χ3n) is 3.02. The van der Waals surface area contributed by atoms with Crippen LogP contribution in [0.1, 0.15) is 11.8 Å². The predicted molar refractivity (Wildman–Crippen MR) is 71.5 cm³/mol. The van der Waals surface area contributed by atoms with Gasteiger partial charge >= 0.3 is 0 Å². The molecule has 0 bridgehead atoms. The van der Waals surface area contributed by atoms with Gasteiger partial charge in [0.25, 0.3) is 0 Å². The minimum absolute atomic E-state index is 0.106. The topological polar surface area (TPSA) is 67.4 Å². The molecule has 18 heavy (non-hydrogen) atoms. The molecule has 0 aromatic carbocycles. The summed E-state index contributed by atoms with van der Waals surface area (Å²) in [5.41, 5.74) is 0. The van der Waals surface area contributed by atoms with Crippen molar-refractivity contribution in [3.05, 3.63) is 17.0 Å². The summed E-state index contributed by atoms with van der Waals surface area (Å²) in [6.07, 6.45) is 0.747. The van der Waals surface area contributed by atoms with Gasteiger partial charge in [0.1, 0.15) is 4.21 Å². The third kappa shape index (κ3) is 2.92. The Morgan fingerprint density at radius 1 is 1.50 bits per heavy atom. The first kappa shape index (κ1) is 14.0. The van der Waals surface area contributed by atoms with Gasteiger partial charge in [0.2, 0.25) is 10.0 Å². The fourth-order valence-corrected chi connectivity index (χ4v) is 4.55. The molecule has 2 atom stereocenters. The average molecular weight is 290 g/mol. The molecule has 1 aromatic rings. The van der Waals surface area contributed by atoms with Gasteiger partial charge in [0.05, 0.1) is 12.1 Å². The van der Waals surface area contributed by atoms with E-state index in [4.69, 9.17) is 4.74 Å². The van der Waals surface area contributed by atoms with E-state index in [1.165, 1.54) is 11.3 Å². The first-order chi connectivity index (χ1) is 8.56. The van der Waals surface area contributed by atoms with Crippen molar-refractivity contribution in [1.29, 1.82) is 0 Å². The summed E-state index contributed by atoms with van der Waals surface area (Å²) in [5.74, 6) is 0. The normalized spacial score (nSPS) is 24.6. The van der Waals surface area contributed by atoms with E-state index in [0.717, 1.165) is 11.3 Å². The Labute approximate surface area is 112 Å². The lowest BCUT2D eigenvalue weighted by Gasteiger charge is -2.17. The lowest BCUT2D eigenvalue weighted by Crippen LogP contribution is -2.43. The molecule has 0 amide bonds. The van der Waals surface area contributed by atoms with Crippen molar-refractivity contribution < 1.29 is 13.2 Å². The molecule has 1 fully saturated rings. The van der Waals surface area contributed by atoms with Gasteiger partial charge in [0.15, 0.2) is 0 Å². The van der Waals surface area contributed by atoms with Crippen molar-refractivity contribution in [2.75, 3.05) is 20.2 Å². The maximum absolute atomic E-state index is 12.2. The van der Waals surface area contributed by atoms with Crippen molar-refractivity contribution in [1.82, 2.24) is 10.0 Å². The van der Waals surface area contributed by atoms with Crippen LogP contribution in [0, 0.1) is 0 Å². The van der Waals surface area contributed by atoms with Crippen molar-refractivity contribution in [2.45, 2.75) is 29.7 Å². The molecular weight excluding hydrogens is 272 g/mol. The number of hydrogen-bond donors (Lipinski definition) is 2. The molecule has 0 spiro atoms. The maximum atomic E-state index is 12.2. The number of methoxy groups -OCH3 is 1. The van der Waals surface area contributed by atoms with Crippen LogP contribution in [0.4, 0.5) is 0 Å². The van der Waals surface area contributed by atoms with Gasteiger partial charge in [-0.1, -0.05) is 6.92 Å². The van der Waals surface area contributed by atoms with Crippen LogP contribution in [0.2, 0.25) is 0 Å². The Bertz CT molecular complexity index is 498. The lowest BCUT2D eigenvalue weighted by atomic mass is 10.2. The number of nitrogens with one attached hydrogen (secondary N) is 2. The first-order valence-electron chi connectivity index (χ1n) is 5.91. The van der Waals surface area contributed by atoms with Crippen LogP contribution in [0.5, 0.6) is 0 Å². The quantitative estimate of drug-likeness (QED) is 0.832. The zero-order valence-electron chi connectivity index (χ0n) is 10.5. The Hall–Kier alpha value is -0.470. The Morgan fingerprint density at radius 2 is 2.28 bits per heavy atom. The van der Waals surface area contributed by atoms with Crippen molar-refractivity contribution >= 4 is 21.4 Å². The number of ether oxygens (including phenoxy) is 1. The molecule has 5 nitrogen and oxygen atoms in total. The molecule has 1 aliphatic rings. The molecular formula is C11H18N2O3S2. The minimum atomic E-state index is -3.43. The number of rotatable bonds is 5. The second-order valence-electron chi connectivity index (χ2n) is 4.23. The van der Waals surface area contributed by atoms with E-state index in [1.807, 2.05) is 13.0 Å². The highest BCUT2D eigenvalue weighted by Crippen LogP contribution is 2.22. The zero-order valence-corrected chi connectivity index (χ0v) is 12.1. The van der Waals surface area contributed by atoms with Crippen LogP contribution in [0.15, 0.2) is 16.3 Å². The largest absolute Gasteiger partial charge is 0.378 e. The van der Waals surface area contributed by atoms with Crippen LogP contribution in [-0.4, -0.2) is 40.8 Å². The highest BCUT2D eigenvalue weighted by atomic mass is 32.2. The third-order valence-corrected chi connectivity index (χ3v) is 6.23. The van der Waals surface area contributed by atoms with E-state index in [9.17, 15) is 8.42 Å². The van der Waals surface area contributed by atoms with E-state index < -0.39 is 10.0 Å². The number of sulfonamides is 1. The van der Waals surface area contributed by atoms with Crippen molar-refractivity contribution in [2.24, 2.45) is 0 Å². The van der Waals surface area contributed by atoms with Gasteiger partial charge in [-0.25, -0.2) is 13.1 Å². The lowest BCUT2D eigenvalue weighted by molar-refractivity contribution is 0.103. The molecule has 7 heteroatoms. The molecule has 0 aliphatic carbocycles. The fraction of sp³-hybridized carbons (Fsp3) is 0.636. The summed E-state index contributed by atoms with van der Waals surface area (Å²) >= 11 is 1.32. The summed E-state index contributed by atoms with van der Waals surface area (Å²) in [4.78, 5) is 1.07. The highest BCUT2D eigenvalue weighted by Gasteiger charge is 2.31. The SMILES string of the molecule is CCc1ccc(S(=O)(=O)NC2CNC[C@@H]2OC)s1. The average Bonchev–Trinajstić information content (AvgIpc) is 2.96. The number of aryl methyl sites for hydroxylation is 1. The minimum Gasteiger partial charge on any atom is -0.378 e. The second kappa shape index (κ2) is 5.66. The number of thiophene rings is 1. The number of hydrogen-bond acceptors (Lipinski definition) is 5. The summed E-state index contributed by atoms with van der Waals surface area (Å²) in [6.45, 7) is 3.29. The molecule has 2 N–H and O–H groups in total. The molecule has 0 radical (unpaired) electrons. The van der Waals surface area contributed by atoms with Crippen LogP contribution >= 0.6 is 11.3 Å². The van der Waals surface area contributed by atoms with Gasteiger partial charge in [-0.15, -0.1) is 11.3 Å². The van der Waals surface area contributed by atoms with Gasteiger partial charge in [-0.05, 0) is 18.6 Å². The molecule has 1 saturated heterocycles. The molecule has 2 heterocycles. The van der Waals surface area contributed by atoms with Gasteiger partial charge in [-0.2, -0.15) is 0 Å². The zero-order chi connectivity index (χ0) is 13.2. The maximum Gasteiger partial charge on any atom is 0.250 e. The molecule has 2 rings (SSSR count). The molecule has 1 aliphatic heterocycles. The van der Waals surface area contributed by atoms with Crippen LogP contribution < -0.4 is 10.0 Å². The molecule has 102 valence electrons. The molecule has 1 unspecified atom stereocenters. The van der Waals surface area contributed by atoms with Crippen LogP contribution in [-0.2, 0) is 21.2 Å². The monoisotopic (exact) mass is 290 g/mol. The smallest absolute Gasteiger partial charge is 0.250 e. The van der Waals surface area contributed by atoms with Gasteiger partial charge < -0.3 is 10.1 Å². The fourth-order valence-electron chi connectivity index (χ4n) is 1.97. The predicted octanol–water partition coefficient (Wildman–Crippen LogP) is 0.576. The van der Waals surface area contributed by atoms with Gasteiger partial charge in [-0.3, -0.25) is 0 Å². The van der Waals surface area contributed by atoms with E-state index in [1.54, 1.807) is 13.2 Å². The van der Waals surface area contributed by atoms with E-state index in [0.29, 0.717) is 17.3 Å². The summed E-state index contributed by atoms with van der Waals surface area (Å²) in [5, 5.41) is 3.12. The van der Waals surface area contributed by atoms with Gasteiger partial charge in [0, 0.05) is 25.1 Å². The van der Waals surface area contributed by atoms with Crippen LogP contribution in [0.3, 0.4) is 0 Å². The second-order valence-corrected chi connectivity index (χ2v) is 7.34. The van der Waals surface area contributed by atoms with Crippen molar-refractivity contribution in [3.8, 4) is 0 Å². The van der Waals surface area contributed by atoms with E-state index in [-0.39, 0.29) is 12.1 Å². The Kier molecular flexibility index (Phi) is 4.39. The molecule has 0 saturated carbocycles. The standard InChI is InChI=1S/C11H18N2O3S2/c1-3-8-4-5-11(17-8)18(14,15)13-9-6-12-7-10(9)16-2/h4-5,9-10,12-13H,3,6-7H2,1-2H3/t9?,10-/m0/s1. The Morgan fingerprint density at radius 3 is 2.89 bits per heavy atom. The summed E-state index contributed by atoms with van der Waals surface area (Å²) < 4.78 is 32.7. The van der Waals surface area contributed by atoms with E-state index >= 15 is 0 Å². The Balaban J connectivity index is 2.11. The summed E-state index contributed by atoms with van der Waals surface area (Å²) in [7, 11) is -1.83. The first-order valence-corrected chi connectivity index (χ1v) is 8.21. The van der Waals surface area contributed by atoms with Crippen molar-refractivity contribution in [3.63, 3.8) is 0 Å². The van der Waals surface area contributed by atoms with E-state index in [2.05, 4.69) is 10.0 Å².